The molecular weight excluding hydrogens is 360 g/mol. The summed E-state index contributed by atoms with van der Waals surface area (Å²) in [6, 6.07) is 3.59. The van der Waals surface area contributed by atoms with Gasteiger partial charge in [0.1, 0.15) is 0 Å². The second kappa shape index (κ2) is 9.78. The van der Waals surface area contributed by atoms with Crippen LogP contribution < -0.4 is 0 Å². The Morgan fingerprint density at radius 3 is 2.13 bits per heavy atom. The maximum atomic E-state index is 11.0. The first-order valence-electron chi connectivity index (χ1n) is 6.98. The van der Waals surface area contributed by atoms with Gasteiger partial charge in [-0.15, -0.1) is 0 Å². The molecule has 0 amide bonds. The normalized spacial score (nSPS) is 9.57. The molecule has 0 unspecified atom stereocenters. The highest BCUT2D eigenvalue weighted by atomic mass is 79.9. The first-order valence-corrected chi connectivity index (χ1v) is 8.10. The molecule has 0 aliphatic carbocycles. The van der Waals surface area contributed by atoms with Gasteiger partial charge in [0.05, 0.1) is 11.9 Å². The molecule has 0 aromatic carbocycles. The first kappa shape index (κ1) is 18.9. The average molecular weight is 379 g/mol. The lowest BCUT2D eigenvalue weighted by atomic mass is 10.4. The van der Waals surface area contributed by atoms with Crippen LogP contribution in [0.2, 0.25) is 0 Å². The summed E-state index contributed by atoms with van der Waals surface area (Å²) >= 11 is 3.05. The molecular formula is C16H19BrN4O2. The molecule has 23 heavy (non-hydrogen) atoms. The number of halogens is 1. The van der Waals surface area contributed by atoms with Crippen LogP contribution in [0.5, 0.6) is 0 Å². The number of alkyl halides is 1. The van der Waals surface area contributed by atoms with Gasteiger partial charge in [0.25, 0.3) is 0 Å². The molecule has 2 aromatic heterocycles. The first-order chi connectivity index (χ1) is 11.0. The number of hydrogen-bond acceptors (Lipinski definition) is 6. The fourth-order valence-corrected chi connectivity index (χ4v) is 1.72. The lowest BCUT2D eigenvalue weighted by molar-refractivity contribution is 0.101. The second-order valence-corrected chi connectivity index (χ2v) is 5.02. The number of aromatic nitrogens is 4. The Kier molecular flexibility index (Phi) is 8.04. The highest BCUT2D eigenvalue weighted by Crippen LogP contribution is 2.07. The number of carbonyl (C=O) groups is 1. The van der Waals surface area contributed by atoms with Crippen LogP contribution in [0.4, 0.5) is 0 Å². The van der Waals surface area contributed by atoms with Gasteiger partial charge >= 0.3 is 0 Å². The van der Waals surface area contributed by atoms with Crippen molar-refractivity contribution in [3.05, 3.63) is 54.1 Å². The van der Waals surface area contributed by atoms with Crippen molar-refractivity contribution in [2.75, 3.05) is 11.9 Å². The van der Waals surface area contributed by atoms with Gasteiger partial charge in [0.15, 0.2) is 17.4 Å². The van der Waals surface area contributed by atoms with Crippen molar-refractivity contribution in [1.82, 2.24) is 19.9 Å². The third kappa shape index (κ3) is 6.65. The van der Waals surface area contributed by atoms with Gasteiger partial charge in [-0.1, -0.05) is 22.5 Å². The number of ketones is 1. The third-order valence-corrected chi connectivity index (χ3v) is 3.04. The molecule has 0 fully saturated rings. The minimum atomic E-state index is -0.0892. The summed E-state index contributed by atoms with van der Waals surface area (Å²) in [4.78, 5) is 26.9. The maximum absolute atomic E-state index is 11.0. The van der Waals surface area contributed by atoms with E-state index in [2.05, 4.69) is 42.4 Å². The monoisotopic (exact) mass is 378 g/mol. The molecule has 2 aromatic rings. The van der Waals surface area contributed by atoms with Gasteiger partial charge in [-0.2, -0.15) is 0 Å². The lowest BCUT2D eigenvalue weighted by Crippen LogP contribution is -2.06. The van der Waals surface area contributed by atoms with Crippen LogP contribution in [0.25, 0.3) is 5.76 Å². The Labute approximate surface area is 144 Å². The van der Waals surface area contributed by atoms with E-state index >= 15 is 0 Å². The lowest BCUT2D eigenvalue weighted by Gasteiger charge is -2.04. The molecule has 2 heterocycles. The molecule has 7 heteroatoms. The van der Waals surface area contributed by atoms with Gasteiger partial charge in [-0.25, -0.2) is 19.9 Å². The zero-order valence-electron chi connectivity index (χ0n) is 13.4. The number of hydrogen-bond donors (Lipinski definition) is 0. The summed E-state index contributed by atoms with van der Waals surface area (Å²) < 4.78 is 5.16. The summed E-state index contributed by atoms with van der Waals surface area (Å²) in [5.74, 6) is 1.29. The summed E-state index contributed by atoms with van der Waals surface area (Å²) in [5, 5.41) is 0.274. The highest BCUT2D eigenvalue weighted by molar-refractivity contribution is 9.09. The molecule has 0 N–H and O–H groups in total. The third-order valence-electron chi connectivity index (χ3n) is 2.53. The highest BCUT2D eigenvalue weighted by Gasteiger charge is 2.05. The Bertz CT molecular complexity index is 677. The van der Waals surface area contributed by atoms with Crippen LogP contribution in [0.15, 0.2) is 31.1 Å². The Hall–Kier alpha value is -2.15. The van der Waals surface area contributed by atoms with Crippen LogP contribution in [-0.2, 0) is 4.74 Å². The molecule has 0 atom stereocenters. The van der Waals surface area contributed by atoms with Crippen LogP contribution in [0.1, 0.15) is 34.8 Å². The minimum Gasteiger partial charge on any atom is -0.491 e. The SMILES string of the molecule is C=C(OCC)c1nccc(C)n1.Cc1ccnc(C(=O)CBr)n1. The average Bonchev–Trinajstić information content (AvgIpc) is 2.55. The molecule has 0 aliphatic heterocycles. The fraction of sp³-hybridized carbons (Fsp3) is 0.312. The van der Waals surface area contributed by atoms with E-state index in [9.17, 15) is 4.79 Å². The minimum absolute atomic E-state index is 0.0892. The van der Waals surface area contributed by atoms with Crippen molar-refractivity contribution in [2.45, 2.75) is 20.8 Å². The fourth-order valence-electron chi connectivity index (χ4n) is 1.47. The Balaban J connectivity index is 0.000000231. The number of aryl methyl sites for hydroxylation is 2. The van der Waals surface area contributed by atoms with Crippen LogP contribution >= 0.6 is 15.9 Å². The van der Waals surface area contributed by atoms with E-state index in [0.717, 1.165) is 11.4 Å². The maximum Gasteiger partial charge on any atom is 0.210 e. The Morgan fingerprint density at radius 2 is 1.65 bits per heavy atom. The van der Waals surface area contributed by atoms with E-state index in [0.29, 0.717) is 18.2 Å². The second-order valence-electron chi connectivity index (χ2n) is 4.46. The summed E-state index contributed by atoms with van der Waals surface area (Å²) in [5.41, 5.74) is 1.73. The Morgan fingerprint density at radius 1 is 1.13 bits per heavy atom. The van der Waals surface area contributed by atoms with E-state index < -0.39 is 0 Å². The van der Waals surface area contributed by atoms with Crippen LogP contribution in [-0.4, -0.2) is 37.7 Å². The zero-order chi connectivity index (χ0) is 17.2. The predicted molar refractivity (Wildman–Crippen MR) is 92.3 cm³/mol. The number of rotatable bonds is 5. The van der Waals surface area contributed by atoms with Gasteiger partial charge in [-0.3, -0.25) is 4.79 Å². The van der Waals surface area contributed by atoms with Gasteiger partial charge < -0.3 is 4.74 Å². The van der Waals surface area contributed by atoms with Crippen molar-refractivity contribution in [3.63, 3.8) is 0 Å². The smallest absolute Gasteiger partial charge is 0.210 e. The van der Waals surface area contributed by atoms with Crippen molar-refractivity contribution < 1.29 is 9.53 Å². The molecule has 0 saturated heterocycles. The zero-order valence-corrected chi connectivity index (χ0v) is 15.0. The predicted octanol–water partition coefficient (Wildman–Crippen LogP) is 3.15. The number of nitrogens with zero attached hydrogens (tertiary/aromatic N) is 4. The van der Waals surface area contributed by atoms with Crippen molar-refractivity contribution in [3.8, 4) is 0 Å². The quantitative estimate of drug-likeness (QED) is 0.451. The van der Waals surface area contributed by atoms with E-state index in [1.165, 1.54) is 0 Å². The largest absolute Gasteiger partial charge is 0.491 e. The molecule has 0 spiro atoms. The summed E-state index contributed by atoms with van der Waals surface area (Å²) in [6.45, 7) is 9.94. The molecule has 0 saturated carbocycles. The molecule has 0 radical (unpaired) electrons. The molecule has 0 aliphatic rings. The molecule has 122 valence electrons. The van der Waals surface area contributed by atoms with E-state index in [4.69, 9.17) is 4.74 Å². The number of ether oxygens (including phenoxy) is 1. The molecule has 2 rings (SSSR count). The summed E-state index contributed by atoms with van der Waals surface area (Å²) in [7, 11) is 0. The van der Waals surface area contributed by atoms with Gasteiger partial charge in [0, 0.05) is 23.8 Å². The summed E-state index contributed by atoms with van der Waals surface area (Å²) in [6.07, 6.45) is 3.28. The van der Waals surface area contributed by atoms with Crippen LogP contribution in [0.3, 0.4) is 0 Å². The van der Waals surface area contributed by atoms with Crippen molar-refractivity contribution in [2.24, 2.45) is 0 Å². The van der Waals surface area contributed by atoms with E-state index in [1.807, 2.05) is 26.8 Å². The van der Waals surface area contributed by atoms with Gasteiger partial charge in [-0.05, 0) is 32.9 Å². The van der Waals surface area contributed by atoms with Crippen molar-refractivity contribution >= 4 is 27.5 Å². The standard InChI is InChI=1S/C9H12N2O.C7H7BrN2O/c1-4-12-8(3)9-10-6-5-7(2)11-9;1-5-2-3-9-7(10-5)6(11)4-8/h5-6H,3-4H2,1-2H3;2-3H,4H2,1H3. The van der Waals surface area contributed by atoms with Crippen LogP contribution in [0, 0.1) is 13.8 Å². The van der Waals surface area contributed by atoms with Gasteiger partial charge in [0.2, 0.25) is 5.78 Å². The topological polar surface area (TPSA) is 77.9 Å². The van der Waals surface area contributed by atoms with E-state index in [1.54, 1.807) is 18.5 Å². The molecule has 6 nitrogen and oxygen atoms in total. The number of carbonyl (C=O) groups excluding carboxylic acids is 1. The van der Waals surface area contributed by atoms with Crippen molar-refractivity contribution in [1.29, 1.82) is 0 Å². The number of Topliss-reactive ketones (excluding diaryl/α,β-unsaturated/α-hetero) is 1. The van der Waals surface area contributed by atoms with E-state index in [-0.39, 0.29) is 16.9 Å². The molecule has 0 bridgehead atoms.